The number of aliphatic hydroxyl groups excluding tert-OH is 1. The molecule has 31 heavy (non-hydrogen) atoms. The summed E-state index contributed by atoms with van der Waals surface area (Å²) in [5, 5.41) is 13.1. The van der Waals surface area contributed by atoms with E-state index in [2.05, 4.69) is 16.3 Å². The molecule has 3 rings (SSSR count). The zero-order chi connectivity index (χ0) is 22.4. The first-order chi connectivity index (χ1) is 15.0. The second-order valence-corrected chi connectivity index (χ2v) is 7.65. The van der Waals surface area contributed by atoms with Gasteiger partial charge in [-0.05, 0) is 19.1 Å². The predicted octanol–water partition coefficient (Wildman–Crippen LogP) is 1.82. The van der Waals surface area contributed by atoms with Gasteiger partial charge in [-0.3, -0.25) is 4.90 Å². The normalized spacial score (nSPS) is 27.8. The second kappa shape index (κ2) is 10.5. The van der Waals surface area contributed by atoms with Crippen LogP contribution in [0.25, 0.3) is 0 Å². The van der Waals surface area contributed by atoms with E-state index >= 15 is 0 Å². The topological polar surface area (TPSA) is 81.7 Å². The molecule has 1 fully saturated rings. The summed E-state index contributed by atoms with van der Waals surface area (Å²) in [5.74, 6) is 1.96. The molecule has 1 aliphatic carbocycles. The van der Waals surface area contributed by atoms with E-state index in [1.807, 2.05) is 30.4 Å². The monoisotopic (exact) mass is 434 g/mol. The Morgan fingerprint density at radius 1 is 1.19 bits per heavy atom. The molecule has 1 aliphatic heterocycles. The Morgan fingerprint density at radius 3 is 2.61 bits per heavy atom. The number of benzene rings is 1. The molecule has 2 aliphatic rings. The number of nitrogens with zero attached hydrogens (tertiary/aromatic N) is 1. The third-order valence-electron chi connectivity index (χ3n) is 5.77. The van der Waals surface area contributed by atoms with E-state index in [1.165, 1.54) is 0 Å². The third kappa shape index (κ3) is 4.58. The number of hydrogen-bond acceptors (Lipinski definition) is 8. The maximum Gasteiger partial charge on any atom is 0.210 e. The Labute approximate surface area is 184 Å². The number of hydrogen-bond donors (Lipinski definition) is 2. The lowest BCUT2D eigenvalue weighted by molar-refractivity contribution is -0.208. The quantitative estimate of drug-likeness (QED) is 0.609. The van der Waals surface area contributed by atoms with Gasteiger partial charge >= 0.3 is 0 Å². The third-order valence-corrected chi connectivity index (χ3v) is 5.77. The van der Waals surface area contributed by atoms with Crippen molar-refractivity contribution in [2.24, 2.45) is 0 Å². The number of methoxy groups -OCH3 is 4. The minimum atomic E-state index is -1.01. The lowest BCUT2D eigenvalue weighted by atomic mass is 9.90. The summed E-state index contributed by atoms with van der Waals surface area (Å²) in [6, 6.07) is 7.96. The molecule has 1 aromatic carbocycles. The SMILES string of the molecule is COC1=CC(OCC(C)O)=CC(OC)C1(OC)N1CCNCC1c1ccccc1OC. The highest BCUT2D eigenvalue weighted by Crippen LogP contribution is 2.43. The molecule has 4 atom stereocenters. The molecule has 0 spiro atoms. The Hall–Kier alpha value is -2.10. The van der Waals surface area contributed by atoms with Crippen molar-refractivity contribution >= 4 is 0 Å². The second-order valence-electron chi connectivity index (χ2n) is 7.65. The molecule has 4 unspecified atom stereocenters. The summed E-state index contributed by atoms with van der Waals surface area (Å²) in [6.45, 7) is 4.06. The molecular formula is C23H34N2O6. The maximum absolute atomic E-state index is 9.60. The van der Waals surface area contributed by atoms with Gasteiger partial charge in [-0.1, -0.05) is 18.2 Å². The fourth-order valence-electron chi connectivity index (χ4n) is 4.38. The Morgan fingerprint density at radius 2 is 1.97 bits per heavy atom. The molecule has 0 bridgehead atoms. The molecule has 0 aromatic heterocycles. The first kappa shape index (κ1) is 23.6. The summed E-state index contributed by atoms with van der Waals surface area (Å²) < 4.78 is 29.4. The van der Waals surface area contributed by atoms with Crippen LogP contribution in [0.1, 0.15) is 18.5 Å². The molecule has 172 valence electrons. The van der Waals surface area contributed by atoms with Crippen LogP contribution in [0.4, 0.5) is 0 Å². The van der Waals surface area contributed by atoms with E-state index in [4.69, 9.17) is 23.7 Å². The zero-order valence-electron chi connectivity index (χ0n) is 19.0. The summed E-state index contributed by atoms with van der Waals surface area (Å²) in [4.78, 5) is 2.26. The smallest absolute Gasteiger partial charge is 0.210 e. The molecule has 1 heterocycles. The fourth-order valence-corrected chi connectivity index (χ4v) is 4.38. The molecule has 1 aromatic rings. The highest BCUT2D eigenvalue weighted by atomic mass is 16.6. The van der Waals surface area contributed by atoms with Crippen molar-refractivity contribution in [1.29, 1.82) is 0 Å². The van der Waals surface area contributed by atoms with Crippen molar-refractivity contribution in [3.8, 4) is 5.75 Å². The van der Waals surface area contributed by atoms with Crippen LogP contribution in [0.5, 0.6) is 5.75 Å². The summed E-state index contributed by atoms with van der Waals surface area (Å²) in [5.41, 5.74) is 0.0495. The van der Waals surface area contributed by atoms with Crippen LogP contribution in [-0.4, -0.2) is 82.6 Å². The highest BCUT2D eigenvalue weighted by molar-refractivity contribution is 5.39. The van der Waals surface area contributed by atoms with Gasteiger partial charge in [0.05, 0.1) is 26.4 Å². The van der Waals surface area contributed by atoms with Gasteiger partial charge in [-0.25, -0.2) is 0 Å². The molecule has 1 saturated heterocycles. The number of para-hydroxylation sites is 1. The lowest BCUT2D eigenvalue weighted by Gasteiger charge is -2.52. The van der Waals surface area contributed by atoms with E-state index < -0.39 is 17.9 Å². The summed E-state index contributed by atoms with van der Waals surface area (Å²) in [6.07, 6.45) is 2.59. The molecule has 0 saturated carbocycles. The number of rotatable bonds is 9. The van der Waals surface area contributed by atoms with Crippen LogP contribution in [0, 0.1) is 0 Å². The standard InChI is InChI=1S/C23H34N2O6/c1-16(26)15-31-17-12-21(28-3)23(30-5,22(13-17)29-4)25-11-10-24-14-19(25)18-8-6-7-9-20(18)27-2/h6-9,12-13,16,19,21,24,26H,10-11,14-15H2,1-5H3. The van der Waals surface area contributed by atoms with E-state index in [0.29, 0.717) is 24.6 Å². The highest BCUT2D eigenvalue weighted by Gasteiger charge is 2.54. The number of aliphatic hydroxyl groups is 1. The average molecular weight is 435 g/mol. The van der Waals surface area contributed by atoms with Crippen LogP contribution in [-0.2, 0) is 18.9 Å². The zero-order valence-corrected chi connectivity index (χ0v) is 19.0. The van der Waals surface area contributed by atoms with Gasteiger partial charge in [0.2, 0.25) is 5.72 Å². The fraction of sp³-hybridized carbons (Fsp3) is 0.565. The van der Waals surface area contributed by atoms with Gasteiger partial charge in [-0.2, -0.15) is 0 Å². The van der Waals surface area contributed by atoms with Gasteiger partial charge < -0.3 is 34.1 Å². The Bertz CT molecular complexity index is 796. The number of nitrogens with one attached hydrogen (secondary N) is 1. The van der Waals surface area contributed by atoms with Crippen molar-refractivity contribution in [3.05, 3.63) is 53.5 Å². The van der Waals surface area contributed by atoms with Crippen molar-refractivity contribution in [2.45, 2.75) is 30.9 Å². The van der Waals surface area contributed by atoms with Gasteiger partial charge in [0, 0.05) is 45.5 Å². The predicted molar refractivity (Wildman–Crippen MR) is 117 cm³/mol. The largest absolute Gasteiger partial charge is 0.496 e. The van der Waals surface area contributed by atoms with Gasteiger partial charge in [0.1, 0.15) is 30.0 Å². The average Bonchev–Trinajstić information content (AvgIpc) is 2.81. The van der Waals surface area contributed by atoms with Crippen molar-refractivity contribution in [3.63, 3.8) is 0 Å². The molecule has 0 radical (unpaired) electrons. The maximum atomic E-state index is 9.60. The van der Waals surface area contributed by atoms with E-state index in [0.717, 1.165) is 17.9 Å². The van der Waals surface area contributed by atoms with Crippen molar-refractivity contribution in [2.75, 3.05) is 54.7 Å². The number of ether oxygens (including phenoxy) is 5. The minimum Gasteiger partial charge on any atom is -0.496 e. The Kier molecular flexibility index (Phi) is 7.96. The molecular weight excluding hydrogens is 400 g/mol. The molecule has 2 N–H and O–H groups in total. The van der Waals surface area contributed by atoms with Crippen LogP contribution >= 0.6 is 0 Å². The number of piperazine rings is 1. The summed E-state index contributed by atoms with van der Waals surface area (Å²) >= 11 is 0. The lowest BCUT2D eigenvalue weighted by Crippen LogP contribution is -2.65. The van der Waals surface area contributed by atoms with E-state index in [9.17, 15) is 5.11 Å². The van der Waals surface area contributed by atoms with Crippen LogP contribution in [0.2, 0.25) is 0 Å². The van der Waals surface area contributed by atoms with Gasteiger partial charge in [0.25, 0.3) is 0 Å². The first-order valence-corrected chi connectivity index (χ1v) is 10.5. The molecule has 0 amide bonds. The molecule has 8 heteroatoms. The summed E-state index contributed by atoms with van der Waals surface area (Å²) in [7, 11) is 6.60. The van der Waals surface area contributed by atoms with Crippen LogP contribution in [0.15, 0.2) is 47.9 Å². The molecule has 8 nitrogen and oxygen atoms in total. The van der Waals surface area contributed by atoms with E-state index in [1.54, 1.807) is 35.4 Å². The number of allylic oxidation sites excluding steroid dienone is 1. The van der Waals surface area contributed by atoms with Gasteiger partial charge in [-0.15, -0.1) is 0 Å². The van der Waals surface area contributed by atoms with Crippen LogP contribution < -0.4 is 10.1 Å². The van der Waals surface area contributed by atoms with E-state index in [-0.39, 0.29) is 12.6 Å². The Balaban J connectivity index is 2.05. The minimum absolute atomic E-state index is 0.0469. The van der Waals surface area contributed by atoms with Crippen LogP contribution in [0.3, 0.4) is 0 Å². The van der Waals surface area contributed by atoms with Crippen molar-refractivity contribution in [1.82, 2.24) is 10.2 Å². The van der Waals surface area contributed by atoms with Gasteiger partial charge in [0.15, 0.2) is 0 Å². The van der Waals surface area contributed by atoms with Crippen molar-refractivity contribution < 1.29 is 28.8 Å². The first-order valence-electron chi connectivity index (χ1n) is 10.5.